The fourth-order valence-electron chi connectivity index (χ4n) is 2.92. The molecule has 2 aromatic carbocycles. The quantitative estimate of drug-likeness (QED) is 0.806. The second-order valence-corrected chi connectivity index (χ2v) is 5.94. The smallest absolute Gasteiger partial charge is 0.271 e. The topological polar surface area (TPSA) is 64.1 Å². The highest BCUT2D eigenvalue weighted by atomic mass is 16.5. The number of hydrogen-bond donors (Lipinski definition) is 1. The molecule has 0 spiro atoms. The number of amides is 1. The molecule has 0 aliphatic carbocycles. The van der Waals surface area contributed by atoms with E-state index in [1.165, 1.54) is 11.8 Å². The molecule has 0 saturated carbocycles. The van der Waals surface area contributed by atoms with Gasteiger partial charge in [0.05, 0.1) is 23.8 Å². The zero-order chi connectivity index (χ0) is 16.4. The van der Waals surface area contributed by atoms with E-state index in [0.29, 0.717) is 18.8 Å². The highest BCUT2D eigenvalue weighted by Crippen LogP contribution is 2.26. The van der Waals surface area contributed by atoms with Gasteiger partial charge < -0.3 is 10.1 Å². The number of carbonyl (C=O) groups is 1. The summed E-state index contributed by atoms with van der Waals surface area (Å²) in [6.07, 6.45) is 2.42. The second-order valence-electron chi connectivity index (χ2n) is 5.94. The Hall–Kier alpha value is -2.95. The monoisotopic (exact) mass is 319 g/mol. The number of hydrogen-bond acceptors (Lipinski definition) is 4. The molecule has 1 aromatic heterocycles. The van der Waals surface area contributed by atoms with Crippen molar-refractivity contribution in [2.24, 2.45) is 5.92 Å². The summed E-state index contributed by atoms with van der Waals surface area (Å²) in [6, 6.07) is 15.5. The SMILES string of the molecule is O=C(NCC1COc2ccccc2C1)c1cnc2ccccc2n1. The van der Waals surface area contributed by atoms with Gasteiger partial charge in [0.1, 0.15) is 11.4 Å². The summed E-state index contributed by atoms with van der Waals surface area (Å²) in [4.78, 5) is 21.0. The van der Waals surface area contributed by atoms with Crippen LogP contribution in [-0.4, -0.2) is 29.0 Å². The van der Waals surface area contributed by atoms with Gasteiger partial charge in [-0.05, 0) is 30.2 Å². The summed E-state index contributed by atoms with van der Waals surface area (Å²) in [6.45, 7) is 1.17. The first-order valence-electron chi connectivity index (χ1n) is 8.00. The van der Waals surface area contributed by atoms with Crippen LogP contribution in [0.25, 0.3) is 11.0 Å². The number of fused-ring (bicyclic) bond motifs is 2. The fourth-order valence-corrected chi connectivity index (χ4v) is 2.92. The maximum absolute atomic E-state index is 12.3. The molecule has 5 heteroatoms. The molecule has 0 radical (unpaired) electrons. The highest BCUT2D eigenvalue weighted by molar-refractivity contribution is 5.93. The van der Waals surface area contributed by atoms with Gasteiger partial charge in [0.15, 0.2) is 0 Å². The van der Waals surface area contributed by atoms with Gasteiger partial charge >= 0.3 is 0 Å². The van der Waals surface area contributed by atoms with Gasteiger partial charge in [-0.1, -0.05) is 30.3 Å². The van der Waals surface area contributed by atoms with Crippen molar-refractivity contribution in [3.8, 4) is 5.75 Å². The van der Waals surface area contributed by atoms with Gasteiger partial charge in [-0.15, -0.1) is 0 Å². The van der Waals surface area contributed by atoms with Crippen LogP contribution in [-0.2, 0) is 6.42 Å². The number of nitrogens with zero attached hydrogens (tertiary/aromatic N) is 2. The number of ether oxygens (including phenoxy) is 1. The lowest BCUT2D eigenvalue weighted by molar-refractivity contribution is 0.0934. The van der Waals surface area contributed by atoms with Gasteiger partial charge in [-0.2, -0.15) is 0 Å². The maximum atomic E-state index is 12.3. The van der Waals surface area contributed by atoms with Gasteiger partial charge in [-0.25, -0.2) is 4.98 Å². The zero-order valence-corrected chi connectivity index (χ0v) is 13.1. The molecular formula is C19H17N3O2. The van der Waals surface area contributed by atoms with Crippen LogP contribution in [0.15, 0.2) is 54.7 Å². The number of aromatic nitrogens is 2. The second kappa shape index (κ2) is 6.28. The molecule has 0 saturated heterocycles. The van der Waals surface area contributed by atoms with E-state index in [2.05, 4.69) is 21.4 Å². The van der Waals surface area contributed by atoms with Crippen molar-refractivity contribution in [2.75, 3.05) is 13.2 Å². The highest BCUT2D eigenvalue weighted by Gasteiger charge is 2.20. The number of nitrogens with one attached hydrogen (secondary N) is 1. The Kier molecular flexibility index (Phi) is 3.83. The van der Waals surface area contributed by atoms with Crippen LogP contribution in [0.4, 0.5) is 0 Å². The van der Waals surface area contributed by atoms with E-state index in [1.807, 2.05) is 42.5 Å². The minimum atomic E-state index is -0.202. The van der Waals surface area contributed by atoms with E-state index in [0.717, 1.165) is 23.2 Å². The average molecular weight is 319 g/mol. The van der Waals surface area contributed by atoms with E-state index >= 15 is 0 Å². The molecule has 1 aliphatic heterocycles. The molecule has 3 aromatic rings. The van der Waals surface area contributed by atoms with E-state index in [9.17, 15) is 4.79 Å². The van der Waals surface area contributed by atoms with Crippen molar-refractivity contribution in [1.82, 2.24) is 15.3 Å². The minimum absolute atomic E-state index is 0.202. The molecule has 1 atom stereocenters. The van der Waals surface area contributed by atoms with E-state index < -0.39 is 0 Å². The molecule has 1 aliphatic rings. The van der Waals surface area contributed by atoms with Crippen LogP contribution >= 0.6 is 0 Å². The van der Waals surface area contributed by atoms with E-state index in [-0.39, 0.29) is 11.8 Å². The maximum Gasteiger partial charge on any atom is 0.271 e. The number of carbonyl (C=O) groups excluding carboxylic acids is 1. The van der Waals surface area contributed by atoms with E-state index in [4.69, 9.17) is 4.74 Å². The standard InChI is InChI=1S/C19H17N3O2/c23-19(17-11-20-15-6-2-3-7-16(15)22-17)21-10-13-9-14-5-1-4-8-18(14)24-12-13/h1-8,11,13H,9-10,12H2,(H,21,23). The Labute approximate surface area is 139 Å². The van der Waals surface area contributed by atoms with Crippen molar-refractivity contribution < 1.29 is 9.53 Å². The number of rotatable bonds is 3. The molecule has 4 rings (SSSR count). The minimum Gasteiger partial charge on any atom is -0.493 e. The molecule has 2 heterocycles. The zero-order valence-electron chi connectivity index (χ0n) is 13.1. The Morgan fingerprint density at radius 3 is 2.83 bits per heavy atom. The van der Waals surface area contributed by atoms with Gasteiger partial charge in [0.25, 0.3) is 5.91 Å². The van der Waals surface area contributed by atoms with Crippen LogP contribution < -0.4 is 10.1 Å². The molecular weight excluding hydrogens is 302 g/mol. The summed E-state index contributed by atoms with van der Waals surface area (Å²) in [5.41, 5.74) is 3.03. The van der Waals surface area contributed by atoms with Crippen molar-refractivity contribution in [1.29, 1.82) is 0 Å². The third-order valence-electron chi connectivity index (χ3n) is 4.19. The molecule has 1 unspecified atom stereocenters. The van der Waals surface area contributed by atoms with Crippen molar-refractivity contribution in [3.63, 3.8) is 0 Å². The predicted molar refractivity (Wildman–Crippen MR) is 91.0 cm³/mol. The molecule has 0 fully saturated rings. The summed E-state index contributed by atoms with van der Waals surface area (Å²) >= 11 is 0. The normalized spacial score (nSPS) is 16.2. The molecule has 1 amide bonds. The van der Waals surface area contributed by atoms with Gasteiger partial charge in [-0.3, -0.25) is 9.78 Å². The Morgan fingerprint density at radius 1 is 1.12 bits per heavy atom. The van der Waals surface area contributed by atoms with Crippen molar-refractivity contribution in [3.05, 3.63) is 66.0 Å². The molecule has 1 N–H and O–H groups in total. The van der Waals surface area contributed by atoms with Gasteiger partial charge in [0.2, 0.25) is 0 Å². The lowest BCUT2D eigenvalue weighted by atomic mass is 9.97. The van der Waals surface area contributed by atoms with Crippen LogP contribution in [0.2, 0.25) is 0 Å². The van der Waals surface area contributed by atoms with Gasteiger partial charge in [0, 0.05) is 12.5 Å². The van der Waals surface area contributed by atoms with E-state index in [1.54, 1.807) is 0 Å². The summed E-state index contributed by atoms with van der Waals surface area (Å²) < 4.78 is 5.75. The van der Waals surface area contributed by atoms with Crippen LogP contribution in [0, 0.1) is 5.92 Å². The Bertz CT molecular complexity index is 894. The van der Waals surface area contributed by atoms with Crippen LogP contribution in [0.5, 0.6) is 5.75 Å². The molecule has 5 nitrogen and oxygen atoms in total. The average Bonchev–Trinajstić information content (AvgIpc) is 2.65. The molecule has 0 bridgehead atoms. The Morgan fingerprint density at radius 2 is 1.92 bits per heavy atom. The first kappa shape index (κ1) is 14.6. The largest absolute Gasteiger partial charge is 0.493 e. The van der Waals surface area contributed by atoms with Crippen LogP contribution in [0.3, 0.4) is 0 Å². The molecule has 24 heavy (non-hydrogen) atoms. The number of benzene rings is 2. The Balaban J connectivity index is 1.41. The lowest BCUT2D eigenvalue weighted by Crippen LogP contribution is -2.35. The molecule has 120 valence electrons. The first-order chi connectivity index (χ1) is 11.8. The van der Waals surface area contributed by atoms with Crippen molar-refractivity contribution in [2.45, 2.75) is 6.42 Å². The number of para-hydroxylation sites is 3. The fraction of sp³-hybridized carbons (Fsp3) is 0.211. The van der Waals surface area contributed by atoms with Crippen molar-refractivity contribution >= 4 is 16.9 Å². The lowest BCUT2D eigenvalue weighted by Gasteiger charge is -2.25. The summed E-state index contributed by atoms with van der Waals surface area (Å²) in [5, 5.41) is 2.94. The summed E-state index contributed by atoms with van der Waals surface area (Å²) in [7, 11) is 0. The third-order valence-corrected chi connectivity index (χ3v) is 4.19. The van der Waals surface area contributed by atoms with Crippen LogP contribution in [0.1, 0.15) is 16.1 Å². The third kappa shape index (κ3) is 2.93. The summed E-state index contributed by atoms with van der Waals surface area (Å²) in [5.74, 6) is 1.00. The first-order valence-corrected chi connectivity index (χ1v) is 8.00. The predicted octanol–water partition coefficient (Wildman–Crippen LogP) is 2.61.